The van der Waals surface area contributed by atoms with Crippen LogP contribution < -0.4 is 5.32 Å². The van der Waals surface area contributed by atoms with Gasteiger partial charge in [0.25, 0.3) is 0 Å². The van der Waals surface area contributed by atoms with Gasteiger partial charge < -0.3 is 10.1 Å². The molecule has 1 unspecified atom stereocenters. The number of methoxy groups -OCH3 is 1. The second-order valence-corrected chi connectivity index (χ2v) is 3.31. The Morgan fingerprint density at radius 1 is 1.64 bits per heavy atom. The number of anilines is 1. The van der Waals surface area contributed by atoms with Crippen molar-refractivity contribution in [2.75, 3.05) is 25.6 Å². The summed E-state index contributed by atoms with van der Waals surface area (Å²) >= 11 is 0. The first-order chi connectivity index (χ1) is 6.72. The minimum atomic E-state index is -0.464. The Balaban J connectivity index is 2.37. The van der Waals surface area contributed by atoms with E-state index >= 15 is 0 Å². The molecule has 0 aliphatic rings. The van der Waals surface area contributed by atoms with Crippen molar-refractivity contribution in [1.29, 1.82) is 0 Å². The molecule has 0 radical (unpaired) electrons. The Morgan fingerprint density at radius 2 is 2.43 bits per heavy atom. The monoisotopic (exact) mass is 198 g/mol. The van der Waals surface area contributed by atoms with Gasteiger partial charge in [0.05, 0.1) is 6.61 Å². The lowest BCUT2D eigenvalue weighted by Crippen LogP contribution is -2.15. The molecule has 0 aliphatic carbocycles. The number of nitrogens with one attached hydrogen (secondary N) is 1. The smallest absolute Gasteiger partial charge is 0.214 e. The first-order valence-electron chi connectivity index (χ1n) is 4.56. The predicted octanol–water partition coefficient (Wildman–Crippen LogP) is 1.92. The second-order valence-electron chi connectivity index (χ2n) is 3.31. The average molecular weight is 198 g/mol. The number of rotatable bonds is 5. The van der Waals surface area contributed by atoms with Crippen LogP contribution in [0.15, 0.2) is 18.3 Å². The summed E-state index contributed by atoms with van der Waals surface area (Å²) in [5.41, 5.74) is 0.750. The molecule has 1 aromatic heterocycles. The summed E-state index contributed by atoms with van der Waals surface area (Å²) in [6.45, 7) is 3.52. The maximum Gasteiger partial charge on any atom is 0.214 e. The van der Waals surface area contributed by atoms with Crippen molar-refractivity contribution < 1.29 is 9.13 Å². The standard InChI is InChI=1S/C10H15FN2O/c1-8(7-14-2)6-13-9-3-4-12-10(11)5-9/h3-5,8H,6-7H2,1-2H3,(H,12,13). The zero-order valence-corrected chi connectivity index (χ0v) is 8.46. The van der Waals surface area contributed by atoms with Crippen LogP contribution in [0.1, 0.15) is 6.92 Å². The first-order valence-corrected chi connectivity index (χ1v) is 4.56. The van der Waals surface area contributed by atoms with Gasteiger partial charge in [0.2, 0.25) is 5.95 Å². The number of ether oxygens (including phenoxy) is 1. The minimum Gasteiger partial charge on any atom is -0.385 e. The van der Waals surface area contributed by atoms with Crippen molar-refractivity contribution in [1.82, 2.24) is 4.98 Å². The molecular formula is C10H15FN2O. The molecule has 0 saturated carbocycles. The minimum absolute atomic E-state index is 0.399. The van der Waals surface area contributed by atoms with Crippen LogP contribution in [0, 0.1) is 11.9 Å². The predicted molar refractivity (Wildman–Crippen MR) is 53.7 cm³/mol. The molecule has 3 nitrogen and oxygen atoms in total. The van der Waals surface area contributed by atoms with E-state index < -0.39 is 5.95 Å². The fourth-order valence-electron chi connectivity index (χ4n) is 1.15. The van der Waals surface area contributed by atoms with Crippen molar-refractivity contribution in [3.8, 4) is 0 Å². The zero-order valence-electron chi connectivity index (χ0n) is 8.46. The summed E-state index contributed by atoms with van der Waals surface area (Å²) in [5.74, 6) is -0.0642. The quantitative estimate of drug-likeness (QED) is 0.734. The van der Waals surface area contributed by atoms with Gasteiger partial charge in [-0.3, -0.25) is 0 Å². The summed E-state index contributed by atoms with van der Waals surface area (Å²) in [6.07, 6.45) is 1.44. The third-order valence-corrected chi connectivity index (χ3v) is 1.83. The lowest BCUT2D eigenvalue weighted by atomic mass is 10.2. The van der Waals surface area contributed by atoms with Gasteiger partial charge in [-0.05, 0) is 12.0 Å². The molecule has 0 aromatic carbocycles. The SMILES string of the molecule is COCC(C)CNc1ccnc(F)c1. The molecule has 1 N–H and O–H groups in total. The highest BCUT2D eigenvalue weighted by atomic mass is 19.1. The van der Waals surface area contributed by atoms with E-state index in [9.17, 15) is 4.39 Å². The van der Waals surface area contributed by atoms with E-state index in [-0.39, 0.29) is 0 Å². The molecule has 0 aliphatic heterocycles. The highest BCUT2D eigenvalue weighted by Gasteiger charge is 2.01. The molecule has 78 valence electrons. The normalized spacial score (nSPS) is 12.5. The van der Waals surface area contributed by atoms with Crippen LogP contribution in [0.4, 0.5) is 10.1 Å². The Morgan fingerprint density at radius 3 is 3.07 bits per heavy atom. The van der Waals surface area contributed by atoms with Crippen molar-refractivity contribution in [3.05, 3.63) is 24.3 Å². The summed E-state index contributed by atoms with van der Waals surface area (Å²) in [5, 5.41) is 3.11. The Hall–Kier alpha value is -1.16. The van der Waals surface area contributed by atoms with Crippen molar-refractivity contribution in [2.24, 2.45) is 5.92 Å². The van der Waals surface area contributed by atoms with E-state index in [1.165, 1.54) is 12.3 Å². The molecule has 1 aromatic rings. The van der Waals surface area contributed by atoms with Crippen molar-refractivity contribution in [3.63, 3.8) is 0 Å². The fraction of sp³-hybridized carbons (Fsp3) is 0.500. The van der Waals surface area contributed by atoms with Crippen LogP contribution in [0.25, 0.3) is 0 Å². The Kier molecular flexibility index (Phi) is 4.32. The third-order valence-electron chi connectivity index (χ3n) is 1.83. The second kappa shape index (κ2) is 5.54. The van der Waals surface area contributed by atoms with Gasteiger partial charge in [0.15, 0.2) is 0 Å². The summed E-state index contributed by atoms with van der Waals surface area (Å²) < 4.78 is 17.7. The van der Waals surface area contributed by atoms with E-state index in [0.29, 0.717) is 12.5 Å². The maximum absolute atomic E-state index is 12.7. The lowest BCUT2D eigenvalue weighted by Gasteiger charge is -2.12. The molecule has 1 atom stereocenters. The van der Waals surface area contributed by atoms with Gasteiger partial charge in [-0.1, -0.05) is 6.92 Å². The molecule has 1 heterocycles. The highest BCUT2D eigenvalue weighted by Crippen LogP contribution is 2.07. The molecular weight excluding hydrogens is 183 g/mol. The number of pyridine rings is 1. The van der Waals surface area contributed by atoms with E-state index in [0.717, 1.165) is 12.2 Å². The van der Waals surface area contributed by atoms with Gasteiger partial charge in [-0.2, -0.15) is 4.39 Å². The van der Waals surface area contributed by atoms with Crippen LogP contribution in [0.2, 0.25) is 0 Å². The van der Waals surface area contributed by atoms with Crippen molar-refractivity contribution in [2.45, 2.75) is 6.92 Å². The van der Waals surface area contributed by atoms with Gasteiger partial charge in [0, 0.05) is 31.6 Å². The Labute approximate surface area is 83.3 Å². The van der Waals surface area contributed by atoms with E-state index in [1.807, 2.05) is 0 Å². The highest BCUT2D eigenvalue weighted by molar-refractivity contribution is 5.41. The van der Waals surface area contributed by atoms with Crippen LogP contribution >= 0.6 is 0 Å². The number of hydrogen-bond donors (Lipinski definition) is 1. The number of nitrogens with zero attached hydrogens (tertiary/aromatic N) is 1. The van der Waals surface area contributed by atoms with Gasteiger partial charge in [-0.25, -0.2) is 4.98 Å². The van der Waals surface area contributed by atoms with Gasteiger partial charge in [0.1, 0.15) is 0 Å². The van der Waals surface area contributed by atoms with Crippen molar-refractivity contribution >= 4 is 5.69 Å². The zero-order chi connectivity index (χ0) is 10.4. The molecule has 0 spiro atoms. The molecule has 4 heteroatoms. The fourth-order valence-corrected chi connectivity index (χ4v) is 1.15. The van der Waals surface area contributed by atoms with Crippen LogP contribution in [-0.4, -0.2) is 25.2 Å². The molecule has 0 amide bonds. The summed E-state index contributed by atoms with van der Waals surface area (Å²) in [6, 6.07) is 3.11. The largest absolute Gasteiger partial charge is 0.385 e. The number of halogens is 1. The maximum atomic E-state index is 12.7. The molecule has 14 heavy (non-hydrogen) atoms. The topological polar surface area (TPSA) is 34.1 Å². The van der Waals surface area contributed by atoms with Crippen LogP contribution in [0.3, 0.4) is 0 Å². The van der Waals surface area contributed by atoms with E-state index in [1.54, 1.807) is 13.2 Å². The lowest BCUT2D eigenvalue weighted by molar-refractivity contribution is 0.164. The third kappa shape index (κ3) is 3.70. The van der Waals surface area contributed by atoms with E-state index in [2.05, 4.69) is 17.2 Å². The van der Waals surface area contributed by atoms with Gasteiger partial charge >= 0.3 is 0 Å². The van der Waals surface area contributed by atoms with Crippen LogP contribution in [0.5, 0.6) is 0 Å². The van der Waals surface area contributed by atoms with E-state index in [4.69, 9.17) is 4.74 Å². The first kappa shape index (κ1) is 10.9. The number of hydrogen-bond acceptors (Lipinski definition) is 3. The average Bonchev–Trinajstić information content (AvgIpc) is 2.15. The summed E-state index contributed by atoms with van der Waals surface area (Å²) in [4.78, 5) is 3.47. The van der Waals surface area contributed by atoms with Crippen LogP contribution in [-0.2, 0) is 4.74 Å². The molecule has 0 saturated heterocycles. The molecule has 0 fully saturated rings. The Bertz CT molecular complexity index is 281. The molecule has 0 bridgehead atoms. The number of aromatic nitrogens is 1. The van der Waals surface area contributed by atoms with Gasteiger partial charge in [-0.15, -0.1) is 0 Å². The molecule has 1 rings (SSSR count). The summed E-state index contributed by atoms with van der Waals surface area (Å²) in [7, 11) is 1.67.